The normalized spacial score (nSPS) is 20.7. The van der Waals surface area contributed by atoms with Crippen molar-refractivity contribution in [2.45, 2.75) is 26.1 Å². The Morgan fingerprint density at radius 2 is 1.88 bits per heavy atom. The molecule has 2 atom stereocenters. The summed E-state index contributed by atoms with van der Waals surface area (Å²) in [5, 5.41) is 4.62. The minimum atomic E-state index is -0.256. The molecule has 3 rings (SSSR count). The number of carbonyl (C=O) groups excluding carboxylic acids is 2. The van der Waals surface area contributed by atoms with Gasteiger partial charge in [0.1, 0.15) is 4.88 Å². The van der Waals surface area contributed by atoms with Crippen molar-refractivity contribution in [3.05, 3.63) is 46.4 Å². The van der Waals surface area contributed by atoms with Crippen LogP contribution < -0.4 is 5.32 Å². The maximum atomic E-state index is 12.8. The summed E-state index contributed by atoms with van der Waals surface area (Å²) in [6.45, 7) is 5.02. The number of rotatable bonds is 3. The SMILES string of the molecule is CC1CN(C(=O)c2sccc2NC(=O)c2ccncc2)CC(C)O1. The second-order valence-electron chi connectivity index (χ2n) is 5.82. The summed E-state index contributed by atoms with van der Waals surface area (Å²) < 4.78 is 5.67. The van der Waals surface area contributed by atoms with Gasteiger partial charge >= 0.3 is 0 Å². The predicted octanol–water partition coefficient (Wildman–Crippen LogP) is 2.64. The number of ether oxygens (including phenoxy) is 1. The van der Waals surface area contributed by atoms with Crippen LogP contribution in [0.3, 0.4) is 0 Å². The van der Waals surface area contributed by atoms with Gasteiger partial charge in [0.15, 0.2) is 0 Å². The molecule has 2 aromatic heterocycles. The lowest BCUT2D eigenvalue weighted by Crippen LogP contribution is -2.48. The van der Waals surface area contributed by atoms with Crippen LogP contribution in [0.4, 0.5) is 5.69 Å². The molecule has 1 aliphatic heterocycles. The van der Waals surface area contributed by atoms with Gasteiger partial charge < -0.3 is 15.0 Å². The fourth-order valence-corrected chi connectivity index (χ4v) is 3.57. The Bertz CT molecular complexity index is 722. The van der Waals surface area contributed by atoms with Crippen molar-refractivity contribution < 1.29 is 14.3 Å². The topological polar surface area (TPSA) is 71.5 Å². The molecule has 3 heterocycles. The Kier molecular flexibility index (Phi) is 4.92. The zero-order chi connectivity index (χ0) is 17.1. The molecule has 0 radical (unpaired) electrons. The van der Waals surface area contributed by atoms with E-state index in [0.717, 1.165) is 0 Å². The number of anilines is 1. The van der Waals surface area contributed by atoms with Crippen molar-refractivity contribution in [1.82, 2.24) is 9.88 Å². The first-order valence-corrected chi connectivity index (χ1v) is 8.66. The first kappa shape index (κ1) is 16.6. The Hall–Kier alpha value is -2.25. The van der Waals surface area contributed by atoms with Gasteiger partial charge in [0.2, 0.25) is 0 Å². The number of aromatic nitrogens is 1. The van der Waals surface area contributed by atoms with E-state index in [1.807, 2.05) is 19.2 Å². The maximum absolute atomic E-state index is 12.8. The Balaban J connectivity index is 1.75. The largest absolute Gasteiger partial charge is 0.372 e. The van der Waals surface area contributed by atoms with Crippen LogP contribution in [0.25, 0.3) is 0 Å². The van der Waals surface area contributed by atoms with Crippen LogP contribution in [0.1, 0.15) is 33.9 Å². The molecule has 7 heteroatoms. The van der Waals surface area contributed by atoms with Crippen molar-refractivity contribution in [3.63, 3.8) is 0 Å². The van der Waals surface area contributed by atoms with Crippen molar-refractivity contribution in [2.75, 3.05) is 18.4 Å². The second-order valence-corrected chi connectivity index (χ2v) is 6.74. The third-order valence-corrected chi connectivity index (χ3v) is 4.66. The summed E-state index contributed by atoms with van der Waals surface area (Å²) in [6.07, 6.45) is 3.14. The van der Waals surface area contributed by atoms with Crippen LogP contribution in [0.5, 0.6) is 0 Å². The van der Waals surface area contributed by atoms with Crippen molar-refractivity contribution in [1.29, 1.82) is 0 Å². The number of morpholine rings is 1. The lowest BCUT2D eigenvalue weighted by atomic mass is 10.2. The third-order valence-electron chi connectivity index (χ3n) is 3.76. The summed E-state index contributed by atoms with van der Waals surface area (Å²) in [4.78, 5) is 31.3. The molecule has 2 aromatic rings. The summed E-state index contributed by atoms with van der Waals surface area (Å²) in [5.74, 6) is -0.328. The Labute approximate surface area is 144 Å². The molecule has 1 N–H and O–H groups in total. The highest BCUT2D eigenvalue weighted by Gasteiger charge is 2.28. The van der Waals surface area contributed by atoms with Gasteiger partial charge in [-0.3, -0.25) is 14.6 Å². The standard InChI is InChI=1S/C17H19N3O3S/c1-11-9-20(10-12(2)23-11)17(22)15-14(5-8-24-15)19-16(21)13-3-6-18-7-4-13/h3-8,11-12H,9-10H2,1-2H3,(H,19,21). The molecule has 1 saturated heterocycles. The van der Waals surface area contributed by atoms with Gasteiger partial charge in [0.05, 0.1) is 17.9 Å². The number of thiophene rings is 1. The van der Waals surface area contributed by atoms with Crippen molar-refractivity contribution >= 4 is 28.8 Å². The highest BCUT2D eigenvalue weighted by Crippen LogP contribution is 2.26. The fourth-order valence-electron chi connectivity index (χ4n) is 2.76. The molecule has 126 valence electrons. The van der Waals surface area contributed by atoms with Crippen LogP contribution >= 0.6 is 11.3 Å². The average Bonchev–Trinajstić information content (AvgIpc) is 3.02. The zero-order valence-corrected chi connectivity index (χ0v) is 14.4. The second kappa shape index (κ2) is 7.11. The zero-order valence-electron chi connectivity index (χ0n) is 13.6. The summed E-state index contributed by atoms with van der Waals surface area (Å²) >= 11 is 1.33. The molecule has 0 aliphatic carbocycles. The van der Waals surface area contributed by atoms with Gasteiger partial charge in [-0.15, -0.1) is 11.3 Å². The number of hydrogen-bond acceptors (Lipinski definition) is 5. The average molecular weight is 345 g/mol. The summed E-state index contributed by atoms with van der Waals surface area (Å²) in [5.41, 5.74) is 1.04. The van der Waals surface area contributed by atoms with Crippen molar-refractivity contribution in [3.8, 4) is 0 Å². The van der Waals surface area contributed by atoms with Gasteiger partial charge in [-0.05, 0) is 37.4 Å². The maximum Gasteiger partial charge on any atom is 0.266 e. The molecule has 2 unspecified atom stereocenters. The van der Waals surface area contributed by atoms with E-state index in [-0.39, 0.29) is 24.0 Å². The lowest BCUT2D eigenvalue weighted by molar-refractivity contribution is -0.0584. The highest BCUT2D eigenvalue weighted by molar-refractivity contribution is 7.12. The molecule has 1 aliphatic rings. The minimum Gasteiger partial charge on any atom is -0.372 e. The van der Waals surface area contributed by atoms with Crippen LogP contribution in [0, 0.1) is 0 Å². The molecule has 0 spiro atoms. The van der Waals surface area contributed by atoms with E-state index in [1.54, 1.807) is 35.5 Å². The van der Waals surface area contributed by atoms with Gasteiger partial charge in [0.25, 0.3) is 11.8 Å². The van der Waals surface area contributed by atoms with E-state index in [0.29, 0.717) is 29.2 Å². The summed E-state index contributed by atoms with van der Waals surface area (Å²) in [7, 11) is 0. The van der Waals surface area contributed by atoms with E-state index in [2.05, 4.69) is 10.3 Å². The third kappa shape index (κ3) is 3.63. The molecular weight excluding hydrogens is 326 g/mol. The molecule has 0 bridgehead atoms. The molecule has 0 aromatic carbocycles. The van der Waals surface area contributed by atoms with Crippen LogP contribution in [0.15, 0.2) is 36.0 Å². The fraction of sp³-hybridized carbons (Fsp3) is 0.353. The number of pyridine rings is 1. The van der Waals surface area contributed by atoms with Crippen LogP contribution in [0.2, 0.25) is 0 Å². The highest BCUT2D eigenvalue weighted by atomic mass is 32.1. The molecular formula is C17H19N3O3S. The molecule has 2 amide bonds. The predicted molar refractivity (Wildman–Crippen MR) is 92.4 cm³/mol. The molecule has 6 nitrogen and oxygen atoms in total. The first-order valence-electron chi connectivity index (χ1n) is 7.78. The smallest absolute Gasteiger partial charge is 0.266 e. The van der Waals surface area contributed by atoms with E-state index in [1.165, 1.54) is 11.3 Å². The van der Waals surface area contributed by atoms with E-state index < -0.39 is 0 Å². The Morgan fingerprint density at radius 1 is 1.21 bits per heavy atom. The number of nitrogens with zero attached hydrogens (tertiary/aromatic N) is 2. The number of carbonyl (C=O) groups is 2. The number of amides is 2. The monoisotopic (exact) mass is 345 g/mol. The first-order chi connectivity index (χ1) is 11.5. The van der Waals surface area contributed by atoms with E-state index in [4.69, 9.17) is 4.74 Å². The molecule has 0 saturated carbocycles. The van der Waals surface area contributed by atoms with Gasteiger partial charge in [-0.1, -0.05) is 0 Å². The number of nitrogens with one attached hydrogen (secondary N) is 1. The molecule has 24 heavy (non-hydrogen) atoms. The van der Waals surface area contributed by atoms with Crippen LogP contribution in [-0.2, 0) is 4.74 Å². The number of hydrogen-bond donors (Lipinski definition) is 1. The van der Waals surface area contributed by atoms with Crippen molar-refractivity contribution in [2.24, 2.45) is 0 Å². The van der Waals surface area contributed by atoms with E-state index in [9.17, 15) is 9.59 Å². The van der Waals surface area contributed by atoms with Gasteiger partial charge in [-0.2, -0.15) is 0 Å². The van der Waals surface area contributed by atoms with E-state index >= 15 is 0 Å². The molecule has 1 fully saturated rings. The quantitative estimate of drug-likeness (QED) is 0.928. The summed E-state index contributed by atoms with van der Waals surface area (Å²) in [6, 6.07) is 5.02. The lowest BCUT2D eigenvalue weighted by Gasteiger charge is -2.35. The van der Waals surface area contributed by atoms with Gasteiger partial charge in [0, 0.05) is 31.0 Å². The van der Waals surface area contributed by atoms with Gasteiger partial charge in [-0.25, -0.2) is 0 Å². The van der Waals surface area contributed by atoms with Crippen LogP contribution in [-0.4, -0.2) is 47.0 Å². The minimum absolute atomic E-state index is 0.00696. The Morgan fingerprint density at radius 3 is 2.54 bits per heavy atom.